The van der Waals surface area contributed by atoms with Gasteiger partial charge in [-0.25, -0.2) is 17.6 Å². The second kappa shape index (κ2) is 6.34. The van der Waals surface area contributed by atoms with Gasteiger partial charge in [0.1, 0.15) is 5.82 Å². The molecule has 0 unspecified atom stereocenters. The molecule has 1 rings (SSSR count). The van der Waals surface area contributed by atoms with Crippen molar-refractivity contribution in [3.63, 3.8) is 0 Å². The molecule has 0 spiro atoms. The van der Waals surface area contributed by atoms with Crippen LogP contribution in [-0.2, 0) is 13.8 Å². The van der Waals surface area contributed by atoms with Crippen molar-refractivity contribution in [2.75, 3.05) is 6.61 Å². The highest BCUT2D eigenvalue weighted by molar-refractivity contribution is 8.13. The number of carbonyl (C=O) groups is 1. The Labute approximate surface area is 115 Å². The number of benzene rings is 1. The van der Waals surface area contributed by atoms with Crippen LogP contribution in [-0.4, -0.2) is 21.0 Å². The van der Waals surface area contributed by atoms with E-state index in [0.29, 0.717) is 6.42 Å². The molecule has 0 amide bonds. The third-order valence-corrected chi connectivity index (χ3v) is 3.97. The highest BCUT2D eigenvalue weighted by Gasteiger charge is 2.20. The van der Waals surface area contributed by atoms with Crippen LogP contribution in [0.5, 0.6) is 0 Å². The maximum Gasteiger partial charge on any atom is 0.338 e. The molecule has 0 radical (unpaired) electrons. The minimum absolute atomic E-state index is 0.125. The van der Waals surface area contributed by atoms with Crippen molar-refractivity contribution in [1.82, 2.24) is 0 Å². The Morgan fingerprint density at radius 3 is 2.58 bits per heavy atom. The molecule has 0 N–H and O–H groups in total. The molecular formula is C12H14ClFO4S. The standard InChI is InChI=1S/C12H14ClFO4S/c1-3-4-5-18-12(15)9-6-10(14)8(2)11(7-9)19(13,16)17/h6-7H,3-5H2,1-2H3. The molecule has 0 aliphatic rings. The summed E-state index contributed by atoms with van der Waals surface area (Å²) >= 11 is 0. The van der Waals surface area contributed by atoms with Crippen LogP contribution in [0, 0.1) is 12.7 Å². The fraction of sp³-hybridized carbons (Fsp3) is 0.417. The summed E-state index contributed by atoms with van der Waals surface area (Å²) in [6.45, 7) is 3.40. The van der Waals surface area contributed by atoms with Gasteiger partial charge in [-0.15, -0.1) is 0 Å². The first kappa shape index (κ1) is 15.9. The lowest BCUT2D eigenvalue weighted by Crippen LogP contribution is -2.09. The van der Waals surface area contributed by atoms with E-state index in [1.54, 1.807) is 0 Å². The number of rotatable bonds is 5. The van der Waals surface area contributed by atoms with Crippen LogP contribution in [0.1, 0.15) is 35.7 Å². The van der Waals surface area contributed by atoms with E-state index in [-0.39, 0.29) is 17.7 Å². The Balaban J connectivity index is 3.11. The first-order valence-corrected chi connectivity index (χ1v) is 8.00. The third-order valence-electron chi connectivity index (χ3n) is 2.53. The molecule has 0 aliphatic carbocycles. The van der Waals surface area contributed by atoms with E-state index in [2.05, 4.69) is 0 Å². The van der Waals surface area contributed by atoms with Gasteiger partial charge in [-0.05, 0) is 25.5 Å². The van der Waals surface area contributed by atoms with Gasteiger partial charge in [0.25, 0.3) is 9.05 Å². The maximum atomic E-state index is 13.6. The summed E-state index contributed by atoms with van der Waals surface area (Å²) in [4.78, 5) is 11.2. The lowest BCUT2D eigenvalue weighted by molar-refractivity contribution is 0.0499. The van der Waals surface area contributed by atoms with E-state index in [0.717, 1.165) is 18.6 Å². The summed E-state index contributed by atoms with van der Waals surface area (Å²) in [5, 5.41) is 0. The number of hydrogen-bond acceptors (Lipinski definition) is 4. The number of carbonyl (C=O) groups excluding carboxylic acids is 1. The van der Waals surface area contributed by atoms with Gasteiger partial charge >= 0.3 is 5.97 Å². The zero-order chi connectivity index (χ0) is 14.6. The minimum Gasteiger partial charge on any atom is -0.462 e. The lowest BCUT2D eigenvalue weighted by atomic mass is 10.1. The van der Waals surface area contributed by atoms with Crippen molar-refractivity contribution in [1.29, 1.82) is 0 Å². The molecule has 1 aromatic carbocycles. The first-order valence-electron chi connectivity index (χ1n) is 5.69. The topological polar surface area (TPSA) is 60.4 Å². The zero-order valence-corrected chi connectivity index (χ0v) is 12.1. The molecule has 0 saturated heterocycles. The summed E-state index contributed by atoms with van der Waals surface area (Å²) in [5.41, 5.74) is -0.293. The number of ether oxygens (including phenoxy) is 1. The molecule has 0 aromatic heterocycles. The second-order valence-corrected chi connectivity index (χ2v) is 6.54. The largest absolute Gasteiger partial charge is 0.462 e. The van der Waals surface area contributed by atoms with Crippen LogP contribution in [0.4, 0.5) is 4.39 Å². The smallest absolute Gasteiger partial charge is 0.338 e. The van der Waals surface area contributed by atoms with E-state index < -0.39 is 25.7 Å². The monoisotopic (exact) mass is 308 g/mol. The summed E-state index contributed by atoms with van der Waals surface area (Å²) in [7, 11) is 1.08. The van der Waals surface area contributed by atoms with Gasteiger partial charge in [-0.1, -0.05) is 13.3 Å². The van der Waals surface area contributed by atoms with Crippen LogP contribution in [0.2, 0.25) is 0 Å². The van der Waals surface area contributed by atoms with E-state index in [1.807, 2.05) is 6.92 Å². The van der Waals surface area contributed by atoms with Crippen molar-refractivity contribution in [2.24, 2.45) is 0 Å². The van der Waals surface area contributed by atoms with Crippen LogP contribution in [0.3, 0.4) is 0 Å². The van der Waals surface area contributed by atoms with Crippen molar-refractivity contribution in [3.05, 3.63) is 29.1 Å². The van der Waals surface area contributed by atoms with E-state index in [4.69, 9.17) is 15.4 Å². The fourth-order valence-corrected chi connectivity index (χ4v) is 2.63. The van der Waals surface area contributed by atoms with Gasteiger partial charge < -0.3 is 4.74 Å². The number of halogens is 2. The van der Waals surface area contributed by atoms with Crippen molar-refractivity contribution in [3.8, 4) is 0 Å². The third kappa shape index (κ3) is 4.18. The highest BCUT2D eigenvalue weighted by Crippen LogP contribution is 2.24. The van der Waals surface area contributed by atoms with Crippen molar-refractivity contribution < 1.29 is 22.3 Å². The van der Waals surface area contributed by atoms with Gasteiger partial charge in [0.2, 0.25) is 0 Å². The molecular weight excluding hydrogens is 295 g/mol. The molecule has 7 heteroatoms. The van der Waals surface area contributed by atoms with Gasteiger partial charge in [0.15, 0.2) is 0 Å². The predicted octanol–water partition coefficient (Wildman–Crippen LogP) is 3.02. The van der Waals surface area contributed by atoms with Gasteiger partial charge in [0.05, 0.1) is 17.1 Å². The molecule has 1 aromatic rings. The summed E-state index contributed by atoms with van der Waals surface area (Å²) in [6, 6.07) is 1.96. The minimum atomic E-state index is -4.11. The second-order valence-electron chi connectivity index (χ2n) is 4.01. The van der Waals surface area contributed by atoms with Crippen LogP contribution >= 0.6 is 10.7 Å². The van der Waals surface area contributed by atoms with Gasteiger partial charge in [0, 0.05) is 16.2 Å². The highest BCUT2D eigenvalue weighted by atomic mass is 35.7. The Bertz CT molecular complexity index is 584. The SMILES string of the molecule is CCCCOC(=O)c1cc(F)c(C)c(S(=O)(=O)Cl)c1. The van der Waals surface area contributed by atoms with Crippen LogP contribution in [0.15, 0.2) is 17.0 Å². The molecule has 106 valence electrons. The molecule has 0 atom stereocenters. The average molecular weight is 309 g/mol. The summed E-state index contributed by atoms with van der Waals surface area (Å²) in [6.07, 6.45) is 1.53. The van der Waals surface area contributed by atoms with E-state index in [9.17, 15) is 17.6 Å². The molecule has 0 heterocycles. The first-order chi connectivity index (χ1) is 8.77. The summed E-state index contributed by atoms with van der Waals surface area (Å²) < 4.78 is 41.1. The normalized spacial score (nSPS) is 11.4. The van der Waals surface area contributed by atoms with Crippen LogP contribution < -0.4 is 0 Å². The Hall–Kier alpha value is -1.14. The Morgan fingerprint density at radius 1 is 1.42 bits per heavy atom. The molecule has 4 nitrogen and oxygen atoms in total. The Kier molecular flexibility index (Phi) is 5.31. The lowest BCUT2D eigenvalue weighted by Gasteiger charge is -2.08. The molecule has 0 saturated carbocycles. The molecule has 0 bridgehead atoms. The predicted molar refractivity (Wildman–Crippen MR) is 69.4 cm³/mol. The maximum absolute atomic E-state index is 13.6. The molecule has 0 fully saturated rings. The fourth-order valence-electron chi connectivity index (χ4n) is 1.42. The number of esters is 1. The van der Waals surface area contributed by atoms with E-state index in [1.165, 1.54) is 6.92 Å². The number of unbranched alkanes of at least 4 members (excludes halogenated alkanes) is 1. The molecule has 0 aliphatic heterocycles. The summed E-state index contributed by atoms with van der Waals surface area (Å²) in [5.74, 6) is -1.59. The van der Waals surface area contributed by atoms with Gasteiger partial charge in [-0.3, -0.25) is 0 Å². The molecule has 19 heavy (non-hydrogen) atoms. The Morgan fingerprint density at radius 2 is 2.05 bits per heavy atom. The van der Waals surface area contributed by atoms with Crippen molar-refractivity contribution in [2.45, 2.75) is 31.6 Å². The quantitative estimate of drug-likeness (QED) is 0.476. The van der Waals surface area contributed by atoms with E-state index >= 15 is 0 Å². The number of hydrogen-bond donors (Lipinski definition) is 0. The van der Waals surface area contributed by atoms with Crippen molar-refractivity contribution >= 4 is 25.7 Å². The average Bonchev–Trinajstić information content (AvgIpc) is 2.31. The zero-order valence-electron chi connectivity index (χ0n) is 10.6. The van der Waals surface area contributed by atoms with Crippen LogP contribution in [0.25, 0.3) is 0 Å². The van der Waals surface area contributed by atoms with Gasteiger partial charge in [-0.2, -0.15) is 0 Å².